The number of rotatable bonds is 4. The van der Waals surface area contributed by atoms with E-state index >= 15 is 0 Å². The lowest BCUT2D eigenvalue weighted by Crippen LogP contribution is -2.19. The van der Waals surface area contributed by atoms with Crippen LogP contribution in [0.25, 0.3) is 0 Å². The van der Waals surface area contributed by atoms with Crippen LogP contribution < -0.4 is 4.74 Å². The van der Waals surface area contributed by atoms with Crippen molar-refractivity contribution in [2.24, 2.45) is 11.8 Å². The minimum atomic E-state index is -0.643. The number of ether oxygens (including phenoxy) is 1. The van der Waals surface area contributed by atoms with Crippen molar-refractivity contribution in [2.45, 2.75) is 25.7 Å². The number of aliphatic carboxylic acids is 1. The van der Waals surface area contributed by atoms with Gasteiger partial charge >= 0.3 is 5.97 Å². The van der Waals surface area contributed by atoms with Crippen molar-refractivity contribution in [1.82, 2.24) is 0 Å². The number of carboxylic acids is 1. The number of benzene rings is 1. The molecule has 2 rings (SSSR count). The van der Waals surface area contributed by atoms with Gasteiger partial charge in [0.2, 0.25) is 0 Å². The van der Waals surface area contributed by atoms with Gasteiger partial charge in [0.05, 0.1) is 13.0 Å². The molecule has 0 spiro atoms. The van der Waals surface area contributed by atoms with Gasteiger partial charge in [-0.2, -0.15) is 0 Å². The lowest BCUT2D eigenvalue weighted by molar-refractivity contribution is -0.142. The van der Waals surface area contributed by atoms with Gasteiger partial charge in [-0.25, -0.2) is 0 Å². The number of methoxy groups -OCH3 is 1. The Morgan fingerprint density at radius 2 is 2.29 bits per heavy atom. The molecule has 3 nitrogen and oxygen atoms in total. The minimum absolute atomic E-state index is 0.166. The Morgan fingerprint density at radius 1 is 1.47 bits per heavy atom. The predicted octanol–water partition coefficient (Wildman–Crippen LogP) is 2.74. The molecule has 0 saturated heterocycles. The van der Waals surface area contributed by atoms with Gasteiger partial charge in [0, 0.05) is 0 Å². The van der Waals surface area contributed by atoms with Crippen molar-refractivity contribution >= 4 is 5.97 Å². The third kappa shape index (κ3) is 2.78. The van der Waals surface area contributed by atoms with Gasteiger partial charge in [-0.05, 0) is 42.9 Å². The average Bonchev–Trinajstić information content (AvgIpc) is 2.77. The molecule has 17 heavy (non-hydrogen) atoms. The zero-order valence-electron chi connectivity index (χ0n) is 10.1. The van der Waals surface area contributed by atoms with E-state index in [9.17, 15) is 4.79 Å². The Hall–Kier alpha value is -1.51. The van der Waals surface area contributed by atoms with Crippen LogP contribution in [-0.2, 0) is 11.2 Å². The summed E-state index contributed by atoms with van der Waals surface area (Å²) in [5.74, 6) is 0.309. The molecule has 1 aliphatic rings. The van der Waals surface area contributed by atoms with Gasteiger partial charge in [0.15, 0.2) is 0 Å². The Morgan fingerprint density at radius 3 is 3.00 bits per heavy atom. The van der Waals surface area contributed by atoms with Crippen LogP contribution in [0.1, 0.15) is 24.8 Å². The molecule has 0 aromatic heterocycles. The van der Waals surface area contributed by atoms with E-state index in [-0.39, 0.29) is 11.8 Å². The Bertz CT molecular complexity index is 400. The number of carbonyl (C=O) groups is 1. The lowest BCUT2D eigenvalue weighted by Gasteiger charge is -2.15. The molecule has 1 aromatic carbocycles. The fourth-order valence-electron chi connectivity index (χ4n) is 2.71. The second-order valence-electron chi connectivity index (χ2n) is 4.69. The molecule has 2 unspecified atom stereocenters. The summed E-state index contributed by atoms with van der Waals surface area (Å²) in [6.07, 6.45) is 3.72. The second-order valence-corrected chi connectivity index (χ2v) is 4.69. The van der Waals surface area contributed by atoms with Crippen molar-refractivity contribution in [3.63, 3.8) is 0 Å². The van der Waals surface area contributed by atoms with E-state index in [0.29, 0.717) is 0 Å². The number of hydrogen-bond donors (Lipinski definition) is 1. The van der Waals surface area contributed by atoms with Crippen LogP contribution in [0.3, 0.4) is 0 Å². The molecule has 1 saturated carbocycles. The van der Waals surface area contributed by atoms with Gasteiger partial charge < -0.3 is 9.84 Å². The molecule has 1 N–H and O–H groups in total. The summed E-state index contributed by atoms with van der Waals surface area (Å²) in [6, 6.07) is 7.91. The molecule has 0 radical (unpaired) electrons. The van der Waals surface area contributed by atoms with E-state index < -0.39 is 5.97 Å². The van der Waals surface area contributed by atoms with E-state index in [0.717, 1.165) is 31.4 Å². The minimum Gasteiger partial charge on any atom is -0.497 e. The van der Waals surface area contributed by atoms with E-state index in [1.807, 2.05) is 24.3 Å². The van der Waals surface area contributed by atoms with E-state index in [1.165, 1.54) is 5.56 Å². The first kappa shape index (κ1) is 12.0. The second kappa shape index (κ2) is 5.21. The summed E-state index contributed by atoms with van der Waals surface area (Å²) in [4.78, 5) is 11.1. The predicted molar refractivity (Wildman–Crippen MR) is 65.2 cm³/mol. The van der Waals surface area contributed by atoms with Gasteiger partial charge in [-0.1, -0.05) is 18.6 Å². The first-order valence-electron chi connectivity index (χ1n) is 6.06. The first-order valence-corrected chi connectivity index (χ1v) is 6.06. The fourth-order valence-corrected chi connectivity index (χ4v) is 2.71. The van der Waals surface area contributed by atoms with Crippen LogP contribution in [0.5, 0.6) is 5.75 Å². The SMILES string of the molecule is COc1cccc(CC2CCCC2C(=O)O)c1. The lowest BCUT2D eigenvalue weighted by atomic mass is 9.90. The molecule has 3 heteroatoms. The molecular weight excluding hydrogens is 216 g/mol. The third-order valence-electron chi connectivity index (χ3n) is 3.61. The monoisotopic (exact) mass is 234 g/mol. The molecular formula is C14H18O3. The van der Waals surface area contributed by atoms with Gasteiger partial charge in [-0.3, -0.25) is 4.79 Å². The average molecular weight is 234 g/mol. The molecule has 1 aliphatic carbocycles. The molecule has 2 atom stereocenters. The van der Waals surface area contributed by atoms with Gasteiger partial charge in [0.25, 0.3) is 0 Å². The van der Waals surface area contributed by atoms with Gasteiger partial charge in [-0.15, -0.1) is 0 Å². The Kier molecular flexibility index (Phi) is 3.67. The zero-order valence-corrected chi connectivity index (χ0v) is 10.1. The molecule has 0 bridgehead atoms. The van der Waals surface area contributed by atoms with Crippen LogP contribution in [0.2, 0.25) is 0 Å². The molecule has 1 aromatic rings. The van der Waals surface area contributed by atoms with Crippen molar-refractivity contribution in [1.29, 1.82) is 0 Å². The topological polar surface area (TPSA) is 46.5 Å². The molecule has 92 valence electrons. The highest BCUT2D eigenvalue weighted by Gasteiger charge is 2.32. The maximum Gasteiger partial charge on any atom is 0.306 e. The summed E-state index contributed by atoms with van der Waals surface area (Å²) in [6.45, 7) is 0. The molecule has 0 heterocycles. The van der Waals surface area contributed by atoms with Crippen molar-refractivity contribution in [2.75, 3.05) is 7.11 Å². The summed E-state index contributed by atoms with van der Waals surface area (Å²) in [5.41, 5.74) is 1.17. The largest absolute Gasteiger partial charge is 0.497 e. The van der Waals surface area contributed by atoms with Crippen LogP contribution in [0.15, 0.2) is 24.3 Å². The quantitative estimate of drug-likeness (QED) is 0.871. The molecule has 1 fully saturated rings. The fraction of sp³-hybridized carbons (Fsp3) is 0.500. The van der Waals surface area contributed by atoms with Crippen LogP contribution >= 0.6 is 0 Å². The third-order valence-corrected chi connectivity index (χ3v) is 3.61. The highest BCUT2D eigenvalue weighted by Crippen LogP contribution is 2.34. The number of hydrogen-bond acceptors (Lipinski definition) is 2. The smallest absolute Gasteiger partial charge is 0.306 e. The van der Waals surface area contributed by atoms with Crippen molar-refractivity contribution in [3.8, 4) is 5.75 Å². The van der Waals surface area contributed by atoms with E-state index in [1.54, 1.807) is 7.11 Å². The summed E-state index contributed by atoms with van der Waals surface area (Å²) in [7, 11) is 1.65. The Labute approximate surface area is 101 Å². The number of carboxylic acid groups (broad SMARTS) is 1. The summed E-state index contributed by atoms with van der Waals surface area (Å²) >= 11 is 0. The van der Waals surface area contributed by atoms with E-state index in [2.05, 4.69) is 0 Å². The highest BCUT2D eigenvalue weighted by molar-refractivity contribution is 5.70. The van der Waals surface area contributed by atoms with Crippen LogP contribution in [0, 0.1) is 11.8 Å². The maximum absolute atomic E-state index is 11.1. The zero-order chi connectivity index (χ0) is 12.3. The summed E-state index contributed by atoms with van der Waals surface area (Å²) < 4.78 is 5.18. The molecule has 0 amide bonds. The van der Waals surface area contributed by atoms with Gasteiger partial charge in [0.1, 0.15) is 5.75 Å². The maximum atomic E-state index is 11.1. The van der Waals surface area contributed by atoms with Crippen molar-refractivity contribution < 1.29 is 14.6 Å². The highest BCUT2D eigenvalue weighted by atomic mass is 16.5. The summed E-state index contributed by atoms with van der Waals surface area (Å²) in [5, 5.41) is 9.14. The van der Waals surface area contributed by atoms with Crippen LogP contribution in [0.4, 0.5) is 0 Å². The Balaban J connectivity index is 2.06. The van der Waals surface area contributed by atoms with E-state index in [4.69, 9.17) is 9.84 Å². The van der Waals surface area contributed by atoms with Crippen LogP contribution in [-0.4, -0.2) is 18.2 Å². The molecule has 0 aliphatic heterocycles. The standard InChI is InChI=1S/C14H18O3/c1-17-12-6-2-4-10(9-12)8-11-5-3-7-13(11)14(15)16/h2,4,6,9,11,13H,3,5,7-8H2,1H3,(H,15,16). The van der Waals surface area contributed by atoms with Crippen molar-refractivity contribution in [3.05, 3.63) is 29.8 Å². The first-order chi connectivity index (χ1) is 8.20. The normalized spacial score (nSPS) is 23.6.